The maximum Gasteiger partial charge on any atom is 0.0751 e. The molecule has 1 N–H and O–H groups in total. The first-order valence-electron chi connectivity index (χ1n) is 7.41. The van der Waals surface area contributed by atoms with Gasteiger partial charge in [-0.05, 0) is 44.2 Å². The Kier molecular flexibility index (Phi) is 3.88. The largest absolute Gasteiger partial charge is 0.382 e. The molecule has 0 radical (unpaired) electrons. The lowest BCUT2D eigenvalue weighted by Crippen LogP contribution is -2.31. The van der Waals surface area contributed by atoms with Gasteiger partial charge in [-0.3, -0.25) is 4.98 Å². The van der Waals surface area contributed by atoms with Crippen molar-refractivity contribution >= 4 is 16.6 Å². The maximum atomic E-state index is 5.51. The van der Waals surface area contributed by atoms with Crippen LogP contribution in [0.5, 0.6) is 0 Å². The minimum Gasteiger partial charge on any atom is -0.382 e. The van der Waals surface area contributed by atoms with E-state index in [9.17, 15) is 0 Å². The molecular formula is C17H22N2O. The van der Waals surface area contributed by atoms with Crippen molar-refractivity contribution in [2.45, 2.75) is 44.8 Å². The highest BCUT2D eigenvalue weighted by atomic mass is 16.5. The molecule has 0 aliphatic heterocycles. The van der Waals surface area contributed by atoms with E-state index in [1.807, 2.05) is 13.3 Å². The van der Waals surface area contributed by atoms with Crippen LogP contribution in [0.4, 0.5) is 5.69 Å². The zero-order valence-corrected chi connectivity index (χ0v) is 12.2. The van der Waals surface area contributed by atoms with E-state index in [2.05, 4.69) is 41.5 Å². The van der Waals surface area contributed by atoms with Crippen LogP contribution < -0.4 is 5.32 Å². The predicted octanol–water partition coefficient (Wildman–Crippen LogP) is 3.91. The number of hydrogen-bond donors (Lipinski definition) is 1. The van der Waals surface area contributed by atoms with Gasteiger partial charge in [0.25, 0.3) is 0 Å². The summed E-state index contributed by atoms with van der Waals surface area (Å²) < 4.78 is 5.51. The first-order valence-corrected chi connectivity index (χ1v) is 7.41. The van der Waals surface area contributed by atoms with Gasteiger partial charge in [-0.2, -0.15) is 0 Å². The van der Waals surface area contributed by atoms with E-state index >= 15 is 0 Å². The van der Waals surface area contributed by atoms with Crippen LogP contribution in [0.1, 0.15) is 31.2 Å². The number of aryl methyl sites for hydroxylation is 1. The molecule has 1 aliphatic rings. The van der Waals surface area contributed by atoms with Crippen LogP contribution in [0.3, 0.4) is 0 Å². The molecule has 1 saturated carbocycles. The van der Waals surface area contributed by atoms with Gasteiger partial charge in [0, 0.05) is 30.4 Å². The van der Waals surface area contributed by atoms with Crippen LogP contribution in [0, 0.1) is 6.92 Å². The Morgan fingerprint density at radius 1 is 1.25 bits per heavy atom. The molecule has 1 aliphatic carbocycles. The summed E-state index contributed by atoms with van der Waals surface area (Å²) in [6.07, 6.45) is 7.02. The van der Waals surface area contributed by atoms with Crippen LogP contribution in [0.2, 0.25) is 0 Å². The van der Waals surface area contributed by atoms with E-state index in [-0.39, 0.29) is 0 Å². The van der Waals surface area contributed by atoms with E-state index < -0.39 is 0 Å². The number of aromatic nitrogens is 1. The van der Waals surface area contributed by atoms with Gasteiger partial charge in [0.1, 0.15) is 0 Å². The molecule has 0 amide bonds. The second-order valence-corrected chi connectivity index (χ2v) is 5.70. The molecule has 2 unspecified atom stereocenters. The predicted molar refractivity (Wildman–Crippen MR) is 83.2 cm³/mol. The number of methoxy groups -OCH3 is 1. The first-order chi connectivity index (χ1) is 9.78. The fourth-order valence-electron chi connectivity index (χ4n) is 3.16. The van der Waals surface area contributed by atoms with Crippen LogP contribution in [-0.2, 0) is 4.74 Å². The van der Waals surface area contributed by atoms with Crippen molar-refractivity contribution < 1.29 is 4.74 Å². The molecule has 0 saturated heterocycles. The van der Waals surface area contributed by atoms with Crippen molar-refractivity contribution in [3.05, 3.63) is 36.0 Å². The third-order valence-electron chi connectivity index (χ3n) is 4.29. The number of benzene rings is 1. The summed E-state index contributed by atoms with van der Waals surface area (Å²) in [5.74, 6) is 0. The summed E-state index contributed by atoms with van der Waals surface area (Å²) in [4.78, 5) is 4.50. The van der Waals surface area contributed by atoms with Crippen LogP contribution in [0.15, 0.2) is 30.5 Å². The molecule has 1 aromatic heterocycles. The van der Waals surface area contributed by atoms with E-state index in [0.717, 1.165) is 11.9 Å². The van der Waals surface area contributed by atoms with Gasteiger partial charge in [0.05, 0.1) is 11.6 Å². The molecular weight excluding hydrogens is 248 g/mol. The average molecular weight is 270 g/mol. The van der Waals surface area contributed by atoms with Gasteiger partial charge in [-0.25, -0.2) is 0 Å². The monoisotopic (exact) mass is 270 g/mol. The molecule has 3 nitrogen and oxygen atoms in total. The molecule has 2 aromatic rings. The molecule has 20 heavy (non-hydrogen) atoms. The van der Waals surface area contributed by atoms with Crippen LogP contribution in [0.25, 0.3) is 10.9 Å². The topological polar surface area (TPSA) is 34.1 Å². The van der Waals surface area contributed by atoms with E-state index in [0.29, 0.717) is 12.1 Å². The molecule has 1 fully saturated rings. The lowest BCUT2D eigenvalue weighted by atomic mass is 9.92. The van der Waals surface area contributed by atoms with Crippen LogP contribution >= 0.6 is 0 Å². The summed E-state index contributed by atoms with van der Waals surface area (Å²) in [5, 5.41) is 4.91. The second-order valence-electron chi connectivity index (χ2n) is 5.70. The minimum absolute atomic E-state index is 0.399. The number of pyridine rings is 1. The fourth-order valence-corrected chi connectivity index (χ4v) is 3.16. The fraction of sp³-hybridized carbons (Fsp3) is 0.471. The van der Waals surface area contributed by atoms with Crippen molar-refractivity contribution in [2.75, 3.05) is 12.4 Å². The number of anilines is 1. The number of ether oxygens (including phenoxy) is 1. The molecule has 106 valence electrons. The van der Waals surface area contributed by atoms with Crippen molar-refractivity contribution in [1.82, 2.24) is 4.98 Å². The first kappa shape index (κ1) is 13.4. The molecule has 1 aromatic carbocycles. The molecule has 0 bridgehead atoms. The standard InChI is InChI=1S/C17H22N2O/c1-12-5-3-8-15-16(9-10-18-17(12)15)19-13-6-4-7-14(11-13)20-2/h3,5,8-10,13-14H,4,6-7,11H2,1-2H3,(H,18,19). The third-order valence-corrected chi connectivity index (χ3v) is 4.29. The zero-order valence-electron chi connectivity index (χ0n) is 12.2. The zero-order chi connectivity index (χ0) is 13.9. The molecule has 2 atom stereocenters. The number of nitrogens with zero attached hydrogens (tertiary/aromatic N) is 1. The summed E-state index contributed by atoms with van der Waals surface area (Å²) >= 11 is 0. The highest BCUT2D eigenvalue weighted by molar-refractivity contribution is 5.92. The Hall–Kier alpha value is -1.61. The number of rotatable bonds is 3. The number of hydrogen-bond acceptors (Lipinski definition) is 3. The van der Waals surface area contributed by atoms with Crippen molar-refractivity contribution in [2.24, 2.45) is 0 Å². The van der Waals surface area contributed by atoms with E-state index in [4.69, 9.17) is 4.74 Å². The Labute approximate surface area is 120 Å². The minimum atomic E-state index is 0.399. The molecule has 0 spiro atoms. The van der Waals surface area contributed by atoms with Gasteiger partial charge >= 0.3 is 0 Å². The third kappa shape index (κ3) is 2.63. The second kappa shape index (κ2) is 5.80. The summed E-state index contributed by atoms with van der Waals surface area (Å²) in [5.41, 5.74) is 3.52. The Bertz CT molecular complexity index is 597. The van der Waals surface area contributed by atoms with Gasteiger partial charge in [0.15, 0.2) is 0 Å². The SMILES string of the molecule is COC1CCCC(Nc2ccnc3c(C)cccc23)C1. The number of para-hydroxylation sites is 1. The Morgan fingerprint density at radius 3 is 3.00 bits per heavy atom. The summed E-state index contributed by atoms with van der Waals surface area (Å²) in [6, 6.07) is 8.94. The molecule has 1 heterocycles. The summed E-state index contributed by atoms with van der Waals surface area (Å²) in [6.45, 7) is 2.11. The number of fused-ring (bicyclic) bond motifs is 1. The highest BCUT2D eigenvalue weighted by Crippen LogP contribution is 2.28. The van der Waals surface area contributed by atoms with Gasteiger partial charge in [-0.1, -0.05) is 18.2 Å². The number of nitrogens with one attached hydrogen (secondary N) is 1. The quantitative estimate of drug-likeness (QED) is 0.918. The normalized spacial score (nSPS) is 22.9. The highest BCUT2D eigenvalue weighted by Gasteiger charge is 2.21. The van der Waals surface area contributed by atoms with Gasteiger partial charge in [0.2, 0.25) is 0 Å². The van der Waals surface area contributed by atoms with Crippen LogP contribution in [-0.4, -0.2) is 24.2 Å². The lowest BCUT2D eigenvalue weighted by Gasteiger charge is -2.29. The maximum absolute atomic E-state index is 5.51. The summed E-state index contributed by atoms with van der Waals surface area (Å²) in [7, 11) is 1.82. The Balaban J connectivity index is 1.86. The smallest absolute Gasteiger partial charge is 0.0751 e. The van der Waals surface area contributed by atoms with Gasteiger partial charge < -0.3 is 10.1 Å². The molecule has 3 heteroatoms. The van der Waals surface area contributed by atoms with Gasteiger partial charge in [-0.15, -0.1) is 0 Å². The molecule has 3 rings (SSSR count). The van der Waals surface area contributed by atoms with E-state index in [1.165, 1.54) is 35.9 Å². The van der Waals surface area contributed by atoms with Crippen molar-refractivity contribution in [3.8, 4) is 0 Å². The average Bonchev–Trinajstić information content (AvgIpc) is 2.49. The lowest BCUT2D eigenvalue weighted by molar-refractivity contribution is 0.0669. The van der Waals surface area contributed by atoms with Crippen molar-refractivity contribution in [3.63, 3.8) is 0 Å². The van der Waals surface area contributed by atoms with Crippen molar-refractivity contribution in [1.29, 1.82) is 0 Å². The Morgan fingerprint density at radius 2 is 2.15 bits per heavy atom. The van der Waals surface area contributed by atoms with E-state index in [1.54, 1.807) is 0 Å².